The first-order valence-electron chi connectivity index (χ1n) is 8.40. The molecule has 3 nitrogen and oxygen atoms in total. The highest BCUT2D eigenvalue weighted by Gasteiger charge is 2.39. The van der Waals surface area contributed by atoms with E-state index in [4.69, 9.17) is 0 Å². The molecule has 0 heterocycles. The summed E-state index contributed by atoms with van der Waals surface area (Å²) in [6.45, 7) is 0. The highest BCUT2D eigenvalue weighted by molar-refractivity contribution is 5.36. The molecular formula is C18H11F12NO2. The van der Waals surface area contributed by atoms with Crippen molar-refractivity contribution < 1.29 is 62.9 Å². The Balaban J connectivity index is 2.46. The Bertz CT molecular complexity index is 848. The zero-order valence-corrected chi connectivity index (χ0v) is 15.5. The lowest BCUT2D eigenvalue weighted by Crippen LogP contribution is -2.27. The van der Waals surface area contributed by atoms with E-state index in [1.54, 1.807) is 5.32 Å². The molecule has 0 spiro atoms. The summed E-state index contributed by atoms with van der Waals surface area (Å²) in [7, 11) is 0. The van der Waals surface area contributed by atoms with Gasteiger partial charge < -0.3 is 10.2 Å². The molecule has 0 bridgehead atoms. The van der Waals surface area contributed by atoms with Gasteiger partial charge in [0.05, 0.1) is 22.3 Å². The van der Waals surface area contributed by atoms with Gasteiger partial charge in [-0.15, -0.1) is 0 Å². The van der Waals surface area contributed by atoms with Crippen LogP contribution in [-0.4, -0.2) is 10.2 Å². The van der Waals surface area contributed by atoms with Crippen molar-refractivity contribution in [2.45, 2.75) is 37.2 Å². The molecule has 2 atom stereocenters. The van der Waals surface area contributed by atoms with Gasteiger partial charge in [-0.2, -0.15) is 52.7 Å². The molecule has 0 aliphatic rings. The number of halogens is 12. The molecule has 2 aromatic carbocycles. The van der Waals surface area contributed by atoms with Gasteiger partial charge in [0, 0.05) is 0 Å². The Labute approximate surface area is 176 Å². The Kier molecular flexibility index (Phi) is 7.03. The number of aliphatic hydroxyl groups excluding tert-OH is 2. The molecule has 2 rings (SSSR count). The van der Waals surface area contributed by atoms with Crippen molar-refractivity contribution in [3.05, 3.63) is 69.8 Å². The molecule has 0 aliphatic heterocycles. The molecule has 0 aliphatic carbocycles. The van der Waals surface area contributed by atoms with E-state index in [0.29, 0.717) is 0 Å². The predicted molar refractivity (Wildman–Crippen MR) is 85.9 cm³/mol. The molecule has 0 fully saturated rings. The molecule has 184 valence electrons. The first-order chi connectivity index (χ1) is 14.7. The fourth-order valence-electron chi connectivity index (χ4n) is 2.62. The summed E-state index contributed by atoms with van der Waals surface area (Å²) in [4.78, 5) is 0. The number of rotatable bonds is 4. The predicted octanol–water partition coefficient (Wildman–Crippen LogP) is 6.03. The zero-order valence-electron chi connectivity index (χ0n) is 15.5. The molecule has 2 unspecified atom stereocenters. The van der Waals surface area contributed by atoms with Crippen molar-refractivity contribution in [2.24, 2.45) is 0 Å². The maximum absolute atomic E-state index is 12.9. The van der Waals surface area contributed by atoms with Crippen molar-refractivity contribution >= 4 is 0 Å². The second kappa shape index (κ2) is 8.68. The van der Waals surface area contributed by atoms with Crippen molar-refractivity contribution in [3.63, 3.8) is 0 Å². The average molecular weight is 501 g/mol. The number of hydrogen-bond donors (Lipinski definition) is 3. The molecular weight excluding hydrogens is 490 g/mol. The number of benzene rings is 2. The summed E-state index contributed by atoms with van der Waals surface area (Å²) >= 11 is 0. The van der Waals surface area contributed by atoms with E-state index in [1.807, 2.05) is 0 Å². The molecule has 0 saturated carbocycles. The van der Waals surface area contributed by atoms with Crippen LogP contribution in [0.5, 0.6) is 0 Å². The van der Waals surface area contributed by atoms with Gasteiger partial charge >= 0.3 is 24.7 Å². The maximum Gasteiger partial charge on any atom is 0.416 e. The van der Waals surface area contributed by atoms with E-state index in [-0.39, 0.29) is 36.4 Å². The van der Waals surface area contributed by atoms with Crippen LogP contribution >= 0.6 is 0 Å². The summed E-state index contributed by atoms with van der Waals surface area (Å²) < 4.78 is 155. The van der Waals surface area contributed by atoms with Crippen molar-refractivity contribution in [1.29, 1.82) is 0 Å². The maximum atomic E-state index is 12.9. The third-order valence-corrected chi connectivity index (χ3v) is 4.17. The number of alkyl halides is 12. The minimum atomic E-state index is -5.29. The molecule has 33 heavy (non-hydrogen) atoms. The van der Waals surface area contributed by atoms with E-state index >= 15 is 0 Å². The standard InChI is InChI=1S/C18H11F12NO2/c19-15(20,21)9-1-7(2-10(5-9)16(22,23)24)13(32)31-14(33)8-3-11(17(25,26)27)6-12(4-8)18(28,29)30/h1-6,13-14,31-33H. The summed E-state index contributed by atoms with van der Waals surface area (Å²) in [5, 5.41) is 21.5. The summed E-state index contributed by atoms with van der Waals surface area (Å²) in [6, 6.07) is -0.288. The summed E-state index contributed by atoms with van der Waals surface area (Å²) in [5.41, 5.74) is -9.61. The van der Waals surface area contributed by atoms with Gasteiger partial charge in [0.2, 0.25) is 0 Å². The molecule has 0 amide bonds. The van der Waals surface area contributed by atoms with Crippen LogP contribution in [0.4, 0.5) is 52.7 Å². The van der Waals surface area contributed by atoms with Crippen LogP contribution in [0.1, 0.15) is 45.8 Å². The third-order valence-electron chi connectivity index (χ3n) is 4.17. The Hall–Kier alpha value is -2.52. The Morgan fingerprint density at radius 1 is 0.455 bits per heavy atom. The largest absolute Gasteiger partial charge is 0.416 e. The van der Waals surface area contributed by atoms with Crippen LogP contribution in [-0.2, 0) is 24.7 Å². The van der Waals surface area contributed by atoms with Crippen LogP contribution in [0.15, 0.2) is 36.4 Å². The van der Waals surface area contributed by atoms with Crippen LogP contribution < -0.4 is 5.32 Å². The first-order valence-corrected chi connectivity index (χ1v) is 8.40. The number of hydrogen-bond acceptors (Lipinski definition) is 3. The van der Waals surface area contributed by atoms with Gasteiger partial charge in [0.25, 0.3) is 0 Å². The topological polar surface area (TPSA) is 52.5 Å². The molecule has 0 radical (unpaired) electrons. The van der Waals surface area contributed by atoms with Crippen molar-refractivity contribution in [2.75, 3.05) is 0 Å². The SMILES string of the molecule is OC(NC(O)c1cc(C(F)(F)F)cc(C(F)(F)F)c1)c1cc(C(F)(F)F)cc(C(F)(F)F)c1. The van der Waals surface area contributed by atoms with Gasteiger partial charge in [0.15, 0.2) is 0 Å². The quantitative estimate of drug-likeness (QED) is 0.354. The second-order valence-electron chi connectivity index (χ2n) is 6.65. The lowest BCUT2D eigenvalue weighted by atomic mass is 10.0. The van der Waals surface area contributed by atoms with Gasteiger partial charge in [-0.3, -0.25) is 5.32 Å². The van der Waals surface area contributed by atoms with E-state index < -0.39 is 70.5 Å². The zero-order chi connectivity index (χ0) is 25.6. The van der Waals surface area contributed by atoms with Gasteiger partial charge in [0.1, 0.15) is 12.5 Å². The summed E-state index contributed by atoms with van der Waals surface area (Å²) in [5.74, 6) is 0. The van der Waals surface area contributed by atoms with E-state index in [0.717, 1.165) is 0 Å². The second-order valence-corrected chi connectivity index (χ2v) is 6.65. The molecule has 15 heteroatoms. The highest BCUT2D eigenvalue weighted by Crippen LogP contribution is 2.39. The Morgan fingerprint density at radius 3 is 0.848 bits per heavy atom. The normalized spacial score (nSPS) is 15.5. The molecule has 0 aromatic heterocycles. The number of nitrogens with one attached hydrogen (secondary N) is 1. The first kappa shape index (κ1) is 26.7. The summed E-state index contributed by atoms with van der Waals surface area (Å²) in [6.07, 6.45) is -26.3. The van der Waals surface area contributed by atoms with Crippen LogP contribution in [0.25, 0.3) is 0 Å². The lowest BCUT2D eigenvalue weighted by molar-refractivity contribution is -0.144. The van der Waals surface area contributed by atoms with E-state index in [2.05, 4.69) is 0 Å². The van der Waals surface area contributed by atoms with Crippen LogP contribution in [0, 0.1) is 0 Å². The average Bonchev–Trinajstić information content (AvgIpc) is 2.64. The van der Waals surface area contributed by atoms with E-state index in [1.165, 1.54) is 0 Å². The smallest absolute Gasteiger partial charge is 0.374 e. The van der Waals surface area contributed by atoms with Crippen LogP contribution in [0.2, 0.25) is 0 Å². The Morgan fingerprint density at radius 2 is 0.667 bits per heavy atom. The van der Waals surface area contributed by atoms with Crippen molar-refractivity contribution in [3.8, 4) is 0 Å². The molecule has 2 aromatic rings. The van der Waals surface area contributed by atoms with Crippen molar-refractivity contribution in [1.82, 2.24) is 5.32 Å². The molecule has 3 N–H and O–H groups in total. The fourth-order valence-corrected chi connectivity index (χ4v) is 2.62. The minimum Gasteiger partial charge on any atom is -0.374 e. The monoisotopic (exact) mass is 501 g/mol. The van der Waals surface area contributed by atoms with Crippen LogP contribution in [0.3, 0.4) is 0 Å². The fraction of sp³-hybridized carbons (Fsp3) is 0.333. The highest BCUT2D eigenvalue weighted by atomic mass is 19.4. The minimum absolute atomic E-state index is 0.0624. The lowest BCUT2D eigenvalue weighted by Gasteiger charge is -2.22. The third kappa shape index (κ3) is 6.74. The van der Waals surface area contributed by atoms with Gasteiger partial charge in [-0.25, -0.2) is 0 Å². The van der Waals surface area contributed by atoms with Gasteiger partial charge in [-0.1, -0.05) is 0 Å². The number of aliphatic hydroxyl groups is 2. The van der Waals surface area contributed by atoms with Gasteiger partial charge in [-0.05, 0) is 47.5 Å². The molecule has 0 saturated heterocycles. The van der Waals surface area contributed by atoms with E-state index in [9.17, 15) is 62.9 Å².